The zero-order valence-corrected chi connectivity index (χ0v) is 27.2. The molecule has 3 fully saturated rings. The molecule has 6 atom stereocenters. The molecule has 0 aromatic heterocycles. The van der Waals surface area contributed by atoms with E-state index >= 15 is 0 Å². The van der Waals surface area contributed by atoms with Crippen molar-refractivity contribution >= 4 is 85.5 Å². The number of likely N-dealkylation sites (tertiary alicyclic amines) is 1. The van der Waals surface area contributed by atoms with Crippen LogP contribution in [0.25, 0.3) is 0 Å². The van der Waals surface area contributed by atoms with Crippen LogP contribution in [-0.2, 0) is 19.2 Å². The van der Waals surface area contributed by atoms with Gasteiger partial charge in [0.25, 0.3) is 11.8 Å². The summed E-state index contributed by atoms with van der Waals surface area (Å²) in [7, 11) is 2.78. The molecule has 0 radical (unpaired) electrons. The summed E-state index contributed by atoms with van der Waals surface area (Å²) in [6.45, 7) is 0. The van der Waals surface area contributed by atoms with E-state index < -0.39 is 78.3 Å². The average Bonchev–Trinajstić information content (AvgIpc) is 3.33. The molecular formula is C29H24BrCl2N5O9. The molecule has 2 saturated heterocycles. The topological polar surface area (TPSA) is 185 Å². The molecule has 2 aliphatic heterocycles. The largest absolute Gasteiger partial charge is 0.508 e. The number of nitro groups is 2. The number of imide groups is 2. The van der Waals surface area contributed by atoms with Gasteiger partial charge in [-0.15, -0.1) is 23.2 Å². The van der Waals surface area contributed by atoms with Crippen LogP contribution in [-0.4, -0.2) is 72.8 Å². The second-order valence-corrected chi connectivity index (χ2v) is 13.6. The standard InChI is InChI=1S/C29H24BrCl2N5O9/c1-33(2)23-19(36(43)44)9-14(10-20(23)37(45)46)35-24(39)17-7-6-16-18(21(17)25(35)40)11-28(31)26(41)34(12-30)27(42)29(28,32)22(16)13-4-3-5-15(38)8-13/h3-6,8-10,17-18,21-22,38H,7,11-12H2,1-2H3/t17-,18+,21-,22-,28+,29-/m0/s1. The van der Waals surface area contributed by atoms with E-state index in [9.17, 15) is 44.5 Å². The van der Waals surface area contributed by atoms with Gasteiger partial charge < -0.3 is 10.0 Å². The maximum Gasteiger partial charge on any atom is 0.301 e. The van der Waals surface area contributed by atoms with Crippen molar-refractivity contribution in [2.75, 3.05) is 29.3 Å². The summed E-state index contributed by atoms with van der Waals surface area (Å²) >= 11 is 17.4. The number of phenols is 1. The molecule has 0 unspecified atom stereocenters. The first-order chi connectivity index (χ1) is 21.6. The number of alkyl halides is 3. The first kappa shape index (κ1) is 31.9. The number of nitro benzene ring substituents is 2. The smallest absolute Gasteiger partial charge is 0.301 e. The number of benzene rings is 2. The zero-order valence-electron chi connectivity index (χ0n) is 24.1. The second-order valence-electron chi connectivity index (χ2n) is 11.8. The van der Waals surface area contributed by atoms with Gasteiger partial charge >= 0.3 is 11.4 Å². The molecule has 240 valence electrons. The van der Waals surface area contributed by atoms with Gasteiger partial charge in [0.2, 0.25) is 11.8 Å². The molecule has 17 heteroatoms. The van der Waals surface area contributed by atoms with Gasteiger partial charge in [-0.3, -0.25) is 44.3 Å². The minimum atomic E-state index is -2.07. The molecule has 0 bridgehead atoms. The summed E-state index contributed by atoms with van der Waals surface area (Å²) in [4.78, 5) is 76.7. The number of aromatic hydroxyl groups is 1. The minimum absolute atomic E-state index is 0.000588. The van der Waals surface area contributed by atoms with Crippen LogP contribution in [0.2, 0.25) is 0 Å². The Balaban J connectivity index is 1.51. The highest BCUT2D eigenvalue weighted by atomic mass is 79.9. The lowest BCUT2D eigenvalue weighted by Gasteiger charge is -2.50. The van der Waals surface area contributed by atoms with E-state index in [0.29, 0.717) is 16.0 Å². The molecule has 4 amide bonds. The lowest BCUT2D eigenvalue weighted by atomic mass is 9.56. The fourth-order valence-electron chi connectivity index (χ4n) is 7.54. The van der Waals surface area contributed by atoms with Gasteiger partial charge in [0.05, 0.1) is 32.8 Å². The number of hydrogen-bond donors (Lipinski definition) is 1. The van der Waals surface area contributed by atoms with Crippen LogP contribution >= 0.6 is 39.1 Å². The lowest BCUT2D eigenvalue weighted by molar-refractivity contribution is -0.392. The minimum Gasteiger partial charge on any atom is -0.508 e. The quantitative estimate of drug-likeness (QED) is 0.113. The number of allylic oxidation sites excluding steroid dienone is 2. The Hall–Kier alpha value is -4.08. The molecule has 0 spiro atoms. The predicted octanol–water partition coefficient (Wildman–Crippen LogP) is 4.19. The Morgan fingerprint density at radius 1 is 1.00 bits per heavy atom. The Morgan fingerprint density at radius 3 is 2.17 bits per heavy atom. The monoisotopic (exact) mass is 735 g/mol. The summed E-state index contributed by atoms with van der Waals surface area (Å²) in [6.07, 6.45) is 1.38. The van der Waals surface area contributed by atoms with Gasteiger partial charge in [-0.05, 0) is 36.5 Å². The van der Waals surface area contributed by atoms with Crippen molar-refractivity contribution in [1.82, 2.24) is 4.90 Å². The molecule has 1 saturated carbocycles. The van der Waals surface area contributed by atoms with Gasteiger partial charge in [-0.2, -0.15) is 0 Å². The Bertz CT molecular complexity index is 1790. The van der Waals surface area contributed by atoms with E-state index in [4.69, 9.17) is 23.2 Å². The number of hydrogen-bond acceptors (Lipinski definition) is 10. The van der Waals surface area contributed by atoms with Crippen LogP contribution in [0.1, 0.15) is 24.3 Å². The highest BCUT2D eigenvalue weighted by Crippen LogP contribution is 2.65. The van der Waals surface area contributed by atoms with Gasteiger partial charge in [0.15, 0.2) is 15.4 Å². The normalized spacial score (nSPS) is 30.2. The van der Waals surface area contributed by atoms with Crippen LogP contribution in [0.3, 0.4) is 0 Å². The maximum atomic E-state index is 14.3. The number of phenolic OH excluding ortho intramolecular Hbond substituents is 1. The zero-order chi connectivity index (χ0) is 33.6. The summed E-state index contributed by atoms with van der Waals surface area (Å²) in [5.41, 5.74) is -1.40. The van der Waals surface area contributed by atoms with Crippen molar-refractivity contribution in [1.29, 1.82) is 0 Å². The van der Waals surface area contributed by atoms with Crippen molar-refractivity contribution in [3.05, 3.63) is 73.8 Å². The molecular weight excluding hydrogens is 713 g/mol. The fraction of sp³-hybridized carbons (Fsp3) is 0.379. The molecule has 2 aromatic rings. The fourth-order valence-corrected chi connectivity index (χ4v) is 8.97. The summed E-state index contributed by atoms with van der Waals surface area (Å²) in [6, 6.07) is 7.82. The van der Waals surface area contributed by atoms with Crippen LogP contribution in [0.15, 0.2) is 48.0 Å². The Morgan fingerprint density at radius 2 is 1.63 bits per heavy atom. The number of rotatable bonds is 6. The van der Waals surface area contributed by atoms with E-state index in [1.807, 2.05) is 0 Å². The third kappa shape index (κ3) is 4.14. The maximum absolute atomic E-state index is 14.3. The molecule has 1 N–H and O–H groups in total. The molecule has 2 aliphatic carbocycles. The number of nitrogens with zero attached hydrogens (tertiary/aromatic N) is 5. The molecule has 2 heterocycles. The number of amides is 4. The highest BCUT2D eigenvalue weighted by Gasteiger charge is 2.76. The van der Waals surface area contributed by atoms with Gasteiger partial charge in [0.1, 0.15) is 5.75 Å². The van der Waals surface area contributed by atoms with Crippen LogP contribution in [0.4, 0.5) is 22.7 Å². The first-order valence-corrected chi connectivity index (χ1v) is 15.8. The second kappa shape index (κ2) is 10.7. The van der Waals surface area contributed by atoms with Gasteiger partial charge in [-0.1, -0.05) is 39.7 Å². The van der Waals surface area contributed by atoms with Crippen molar-refractivity contribution in [3.8, 4) is 5.75 Å². The molecule has 46 heavy (non-hydrogen) atoms. The number of carbonyl (C=O) groups is 4. The van der Waals surface area contributed by atoms with E-state index in [-0.39, 0.29) is 35.4 Å². The van der Waals surface area contributed by atoms with Gasteiger partial charge in [0, 0.05) is 32.1 Å². The average molecular weight is 737 g/mol. The van der Waals surface area contributed by atoms with Crippen molar-refractivity contribution in [3.63, 3.8) is 0 Å². The number of carbonyl (C=O) groups excluding carboxylic acids is 4. The SMILES string of the molecule is CN(C)c1c([N+](=O)[O-])cc(N2C(=O)[C@H]3[C@H](CC=C4[C@H]3C[C@@]3(Cl)C(=O)N(CBr)C(=O)[C@@]3(Cl)[C@H]4c3cccc(O)c3)C2=O)cc1[N+](=O)[O-]. The highest BCUT2D eigenvalue weighted by molar-refractivity contribution is 9.09. The van der Waals surface area contributed by atoms with Crippen LogP contribution < -0.4 is 9.80 Å². The lowest BCUT2D eigenvalue weighted by Crippen LogP contribution is -2.60. The predicted molar refractivity (Wildman–Crippen MR) is 168 cm³/mol. The Labute approximate surface area is 278 Å². The van der Waals surface area contributed by atoms with Crippen molar-refractivity contribution in [2.45, 2.75) is 28.5 Å². The summed E-state index contributed by atoms with van der Waals surface area (Å²) in [5, 5.41) is 34.3. The summed E-state index contributed by atoms with van der Waals surface area (Å²) < 4.78 is 0. The number of fused-ring (bicyclic) bond motifs is 4. The third-order valence-electron chi connectivity index (χ3n) is 9.37. The number of halogens is 3. The molecule has 4 aliphatic rings. The van der Waals surface area contributed by atoms with Gasteiger partial charge in [-0.25, -0.2) is 4.90 Å². The molecule has 6 rings (SSSR count). The Kier molecular flexibility index (Phi) is 7.44. The van der Waals surface area contributed by atoms with E-state index in [1.165, 1.54) is 37.2 Å². The molecule has 2 aromatic carbocycles. The molecule has 14 nitrogen and oxygen atoms in total. The first-order valence-electron chi connectivity index (χ1n) is 13.9. The van der Waals surface area contributed by atoms with E-state index in [0.717, 1.165) is 17.0 Å². The third-order valence-corrected chi connectivity index (χ3v) is 11.3. The summed E-state index contributed by atoms with van der Waals surface area (Å²) in [5.74, 6) is -7.38. The van der Waals surface area contributed by atoms with E-state index in [2.05, 4.69) is 15.9 Å². The van der Waals surface area contributed by atoms with Crippen LogP contribution in [0.5, 0.6) is 5.75 Å². The number of anilines is 2. The van der Waals surface area contributed by atoms with Crippen molar-refractivity contribution in [2.24, 2.45) is 17.8 Å². The van der Waals surface area contributed by atoms with E-state index in [1.54, 1.807) is 12.1 Å². The van der Waals surface area contributed by atoms with Crippen LogP contribution in [0, 0.1) is 38.0 Å². The van der Waals surface area contributed by atoms with Crippen molar-refractivity contribution < 1.29 is 34.1 Å².